The minimum Gasteiger partial charge on any atom is -0.496 e. The molecule has 2 saturated heterocycles. The van der Waals surface area contributed by atoms with Gasteiger partial charge in [0.05, 0.1) is 23.5 Å². The van der Waals surface area contributed by atoms with E-state index in [2.05, 4.69) is 9.97 Å². The predicted molar refractivity (Wildman–Crippen MR) is 127 cm³/mol. The van der Waals surface area contributed by atoms with Gasteiger partial charge < -0.3 is 14.5 Å². The Kier molecular flexibility index (Phi) is 6.01. The number of carbonyl (C=O) groups excluding carboxylic acids is 2. The highest BCUT2D eigenvalue weighted by molar-refractivity contribution is 7.99. The number of thioether (sulfide) groups is 1. The van der Waals surface area contributed by atoms with E-state index < -0.39 is 0 Å². The second-order valence-electron chi connectivity index (χ2n) is 7.97. The van der Waals surface area contributed by atoms with Gasteiger partial charge in [-0.05, 0) is 25.0 Å². The molecule has 0 aliphatic carbocycles. The highest BCUT2D eigenvalue weighted by Gasteiger charge is 2.29. The van der Waals surface area contributed by atoms with Crippen molar-refractivity contribution in [2.75, 3.05) is 38.4 Å². The third kappa shape index (κ3) is 4.06. The number of carbonyl (C=O) groups is 2. The predicted octanol–water partition coefficient (Wildman–Crippen LogP) is 3.87. The highest BCUT2D eigenvalue weighted by atomic mass is 32.2. The Morgan fingerprint density at radius 2 is 1.81 bits per heavy atom. The summed E-state index contributed by atoms with van der Waals surface area (Å²) in [6.45, 7) is 2.09. The van der Waals surface area contributed by atoms with Crippen molar-refractivity contribution >= 4 is 45.8 Å². The molecule has 3 aromatic rings. The number of hydrogen-bond donors (Lipinski definition) is 0. The lowest BCUT2D eigenvalue weighted by Gasteiger charge is -2.31. The number of aromatic nitrogens is 2. The Morgan fingerprint density at radius 1 is 1.03 bits per heavy atom. The Balaban J connectivity index is 1.25. The summed E-state index contributed by atoms with van der Waals surface area (Å²) in [6, 6.07) is 9.40. The van der Waals surface area contributed by atoms with Crippen LogP contribution >= 0.6 is 23.1 Å². The molecule has 4 heterocycles. The number of methoxy groups -OCH3 is 1. The van der Waals surface area contributed by atoms with Gasteiger partial charge in [-0.1, -0.05) is 12.1 Å². The maximum Gasteiger partial charge on any atom is 0.274 e. The van der Waals surface area contributed by atoms with Crippen molar-refractivity contribution < 1.29 is 14.3 Å². The molecular weight excluding hydrogens is 444 g/mol. The first-order valence-electron chi connectivity index (χ1n) is 10.7. The highest BCUT2D eigenvalue weighted by Crippen LogP contribution is 2.32. The number of nitrogens with zero attached hydrogens (tertiary/aromatic N) is 4. The molecule has 0 radical (unpaired) electrons. The monoisotopic (exact) mass is 468 g/mol. The van der Waals surface area contributed by atoms with Crippen molar-refractivity contribution in [3.8, 4) is 5.75 Å². The summed E-state index contributed by atoms with van der Waals surface area (Å²) >= 11 is 3.33. The molecule has 2 aromatic heterocycles. The lowest BCUT2D eigenvalue weighted by Crippen LogP contribution is -2.38. The van der Waals surface area contributed by atoms with Crippen molar-refractivity contribution in [2.24, 2.45) is 0 Å². The van der Waals surface area contributed by atoms with Gasteiger partial charge in [-0.3, -0.25) is 9.59 Å². The standard InChI is InChI=1S/C23H24N4O3S2/c1-30-20-12-18(24-17-5-3-2-4-16(17)20)22(28)26-8-6-15(7-9-26)21-25-19(13-32-21)23(29)27-10-11-31-14-27/h2-5,12-13,15H,6-11,14H2,1H3. The van der Waals surface area contributed by atoms with Gasteiger partial charge in [0, 0.05) is 48.1 Å². The summed E-state index contributed by atoms with van der Waals surface area (Å²) in [6.07, 6.45) is 1.66. The molecule has 7 nitrogen and oxygen atoms in total. The summed E-state index contributed by atoms with van der Waals surface area (Å²) in [5, 5.41) is 3.77. The van der Waals surface area contributed by atoms with Gasteiger partial charge in [0.2, 0.25) is 0 Å². The van der Waals surface area contributed by atoms with Crippen LogP contribution in [0.25, 0.3) is 10.9 Å². The van der Waals surface area contributed by atoms with Gasteiger partial charge in [-0.25, -0.2) is 9.97 Å². The summed E-state index contributed by atoms with van der Waals surface area (Å²) < 4.78 is 5.49. The molecule has 166 valence electrons. The van der Waals surface area contributed by atoms with Crippen LogP contribution < -0.4 is 4.74 Å². The number of benzene rings is 1. The molecule has 2 aliphatic rings. The fourth-order valence-corrected chi connectivity index (χ4v) is 6.13. The quantitative estimate of drug-likeness (QED) is 0.579. The maximum absolute atomic E-state index is 13.1. The van der Waals surface area contributed by atoms with Crippen LogP contribution in [0, 0.1) is 0 Å². The van der Waals surface area contributed by atoms with Crippen molar-refractivity contribution in [3.05, 3.63) is 52.1 Å². The minimum atomic E-state index is -0.0750. The number of para-hydroxylation sites is 1. The number of ether oxygens (including phenoxy) is 1. The Morgan fingerprint density at radius 3 is 2.56 bits per heavy atom. The second kappa shape index (κ2) is 9.07. The molecular formula is C23H24N4O3S2. The first kappa shape index (κ1) is 21.2. The maximum atomic E-state index is 13.1. The zero-order valence-corrected chi connectivity index (χ0v) is 19.5. The Bertz CT molecular complexity index is 1150. The normalized spacial score (nSPS) is 17.2. The average Bonchev–Trinajstić information content (AvgIpc) is 3.55. The molecule has 2 fully saturated rings. The lowest BCUT2D eigenvalue weighted by molar-refractivity contribution is 0.0707. The van der Waals surface area contributed by atoms with Gasteiger partial charge in [0.15, 0.2) is 0 Å². The zero-order chi connectivity index (χ0) is 22.1. The van der Waals surface area contributed by atoms with Crippen molar-refractivity contribution in [1.82, 2.24) is 19.8 Å². The van der Waals surface area contributed by atoms with Crippen LogP contribution in [-0.4, -0.2) is 70.0 Å². The van der Waals surface area contributed by atoms with Crippen molar-refractivity contribution in [1.29, 1.82) is 0 Å². The molecule has 0 N–H and O–H groups in total. The number of amides is 2. The number of rotatable bonds is 4. The van der Waals surface area contributed by atoms with Gasteiger partial charge in [0.1, 0.15) is 17.1 Å². The smallest absolute Gasteiger partial charge is 0.274 e. The fourth-order valence-electron chi connectivity index (χ4n) is 4.22. The van der Waals surface area contributed by atoms with Crippen LogP contribution in [0.3, 0.4) is 0 Å². The summed E-state index contributed by atoms with van der Waals surface area (Å²) in [7, 11) is 1.61. The molecule has 0 spiro atoms. The van der Waals surface area contributed by atoms with E-state index in [1.807, 2.05) is 39.4 Å². The molecule has 0 bridgehead atoms. The first-order valence-corrected chi connectivity index (χ1v) is 12.7. The van der Waals surface area contributed by atoms with Gasteiger partial charge in [-0.15, -0.1) is 23.1 Å². The minimum absolute atomic E-state index is 0.0291. The van der Waals surface area contributed by atoms with Crippen LogP contribution in [0.2, 0.25) is 0 Å². The van der Waals surface area contributed by atoms with Gasteiger partial charge in [-0.2, -0.15) is 0 Å². The van der Waals surface area contributed by atoms with Crippen molar-refractivity contribution in [3.63, 3.8) is 0 Å². The fraction of sp³-hybridized carbons (Fsp3) is 0.391. The van der Waals surface area contributed by atoms with Gasteiger partial charge >= 0.3 is 0 Å². The Labute approximate surface area is 194 Å². The van der Waals surface area contributed by atoms with Gasteiger partial charge in [0.25, 0.3) is 11.8 Å². The average molecular weight is 469 g/mol. The molecule has 5 rings (SSSR count). The third-order valence-electron chi connectivity index (χ3n) is 6.03. The summed E-state index contributed by atoms with van der Waals surface area (Å²) in [5.74, 6) is 2.63. The Hall–Kier alpha value is -2.65. The molecule has 0 unspecified atom stereocenters. The molecule has 2 amide bonds. The molecule has 1 aromatic carbocycles. The van der Waals surface area contributed by atoms with E-state index in [0.717, 1.165) is 46.9 Å². The molecule has 0 saturated carbocycles. The topological polar surface area (TPSA) is 75.6 Å². The number of thiazole rings is 1. The van der Waals surface area contributed by atoms with E-state index in [-0.39, 0.29) is 17.7 Å². The zero-order valence-electron chi connectivity index (χ0n) is 17.8. The van der Waals surface area contributed by atoms with Crippen LogP contribution in [0.4, 0.5) is 0 Å². The number of fused-ring (bicyclic) bond motifs is 1. The number of pyridine rings is 1. The molecule has 0 atom stereocenters. The van der Waals surface area contributed by atoms with E-state index in [0.29, 0.717) is 30.2 Å². The molecule has 9 heteroatoms. The SMILES string of the molecule is COc1cc(C(=O)N2CCC(c3nc(C(=O)N4CCSC4)cs3)CC2)nc2ccccc12. The summed E-state index contributed by atoms with van der Waals surface area (Å²) in [5.41, 5.74) is 1.71. The van der Waals surface area contributed by atoms with E-state index in [1.54, 1.807) is 36.3 Å². The largest absolute Gasteiger partial charge is 0.496 e. The third-order valence-corrected chi connectivity index (χ3v) is 8.00. The van der Waals surface area contributed by atoms with E-state index >= 15 is 0 Å². The van der Waals surface area contributed by atoms with E-state index in [4.69, 9.17) is 4.74 Å². The molecule has 32 heavy (non-hydrogen) atoms. The van der Waals surface area contributed by atoms with E-state index in [1.165, 1.54) is 0 Å². The van der Waals surface area contributed by atoms with Crippen molar-refractivity contribution in [2.45, 2.75) is 18.8 Å². The number of piperidine rings is 1. The van der Waals surface area contributed by atoms with Crippen LogP contribution in [0.5, 0.6) is 5.75 Å². The summed E-state index contributed by atoms with van der Waals surface area (Å²) in [4.78, 5) is 38.6. The van der Waals surface area contributed by atoms with E-state index in [9.17, 15) is 9.59 Å². The van der Waals surface area contributed by atoms with Crippen LogP contribution in [0.15, 0.2) is 35.7 Å². The first-order chi connectivity index (χ1) is 15.6. The van der Waals surface area contributed by atoms with Crippen LogP contribution in [-0.2, 0) is 0 Å². The second-order valence-corrected chi connectivity index (χ2v) is 9.93. The number of likely N-dealkylation sites (tertiary alicyclic amines) is 1. The molecule has 2 aliphatic heterocycles. The lowest BCUT2D eigenvalue weighted by atomic mass is 9.97. The number of hydrogen-bond acceptors (Lipinski definition) is 7. The van der Waals surface area contributed by atoms with Crippen LogP contribution in [0.1, 0.15) is 44.7 Å².